The van der Waals surface area contributed by atoms with Gasteiger partial charge in [-0.1, -0.05) is 60.7 Å². The number of fused-ring (bicyclic) bond motifs is 10. The fourth-order valence-corrected chi connectivity index (χ4v) is 6.77. The van der Waals surface area contributed by atoms with E-state index < -0.39 is 0 Å². The number of hydrogen-bond donors (Lipinski definition) is 0. The summed E-state index contributed by atoms with van der Waals surface area (Å²) in [5.41, 5.74) is 8.87. The summed E-state index contributed by atoms with van der Waals surface area (Å²) >= 11 is 0. The Kier molecular flexibility index (Phi) is 4.68. The molecule has 9 aromatic rings. The Labute approximate surface area is 245 Å². The molecule has 0 aliphatic rings. The van der Waals surface area contributed by atoms with Crippen molar-refractivity contribution in [3.63, 3.8) is 0 Å². The van der Waals surface area contributed by atoms with Crippen LogP contribution < -0.4 is 0 Å². The van der Waals surface area contributed by atoms with E-state index in [4.69, 9.17) is 11.0 Å². The van der Waals surface area contributed by atoms with Crippen LogP contribution >= 0.6 is 0 Å². The zero-order chi connectivity index (χ0) is 28.7. The standard InChI is InChI=1S/C38H20N4O/c1-40-31-13-7-12-29-36-35(43-38(29)31)19-17-28-26-10-2-5-15-33(26)42(37(28)36)25-9-6-8-24(21-25)41-32-14-4-3-11-27(32)30-20-23(22-39)16-18-34(30)41/h2-21H. The maximum atomic E-state index is 9.58. The molecule has 6 aromatic carbocycles. The van der Waals surface area contributed by atoms with E-state index in [1.54, 1.807) is 6.07 Å². The third kappa shape index (κ3) is 3.14. The van der Waals surface area contributed by atoms with Crippen LogP contribution in [0.1, 0.15) is 5.56 Å². The molecule has 3 aromatic heterocycles. The van der Waals surface area contributed by atoms with Crippen LogP contribution in [0.4, 0.5) is 5.69 Å². The highest BCUT2D eigenvalue weighted by Gasteiger charge is 2.21. The van der Waals surface area contributed by atoms with Crippen molar-refractivity contribution < 1.29 is 4.42 Å². The highest BCUT2D eigenvalue weighted by molar-refractivity contribution is 6.25. The Hall–Kier alpha value is -6.30. The van der Waals surface area contributed by atoms with Gasteiger partial charge in [-0.3, -0.25) is 0 Å². The van der Waals surface area contributed by atoms with Gasteiger partial charge >= 0.3 is 0 Å². The minimum Gasteiger partial charge on any atom is -0.467 e. The van der Waals surface area contributed by atoms with Crippen molar-refractivity contribution in [2.24, 2.45) is 0 Å². The Bertz CT molecular complexity index is 2710. The predicted molar refractivity (Wildman–Crippen MR) is 173 cm³/mol. The molecule has 0 saturated carbocycles. The van der Waals surface area contributed by atoms with E-state index in [0.29, 0.717) is 16.8 Å². The van der Waals surface area contributed by atoms with Crippen LogP contribution in [-0.4, -0.2) is 9.13 Å². The number of aromatic nitrogens is 2. The average molecular weight is 549 g/mol. The molecular formula is C38H20N4O. The highest BCUT2D eigenvalue weighted by Crippen LogP contribution is 2.43. The zero-order valence-electron chi connectivity index (χ0n) is 22.7. The number of para-hydroxylation sites is 3. The molecule has 5 nitrogen and oxygen atoms in total. The first kappa shape index (κ1) is 23.4. The van der Waals surface area contributed by atoms with Gasteiger partial charge in [0.05, 0.1) is 45.7 Å². The van der Waals surface area contributed by atoms with Crippen LogP contribution in [-0.2, 0) is 0 Å². The summed E-state index contributed by atoms with van der Waals surface area (Å²) in [6, 6.07) is 43.5. The van der Waals surface area contributed by atoms with Crippen LogP contribution in [0.25, 0.3) is 81.8 Å². The molecule has 0 aliphatic carbocycles. The van der Waals surface area contributed by atoms with Crippen LogP contribution in [0.2, 0.25) is 0 Å². The van der Waals surface area contributed by atoms with Gasteiger partial charge in [-0.15, -0.1) is 0 Å². The van der Waals surface area contributed by atoms with E-state index in [1.807, 2.05) is 42.5 Å². The first-order valence-corrected chi connectivity index (χ1v) is 14.0. The maximum Gasteiger partial charge on any atom is 0.229 e. The number of nitriles is 1. The normalized spacial score (nSPS) is 11.7. The fraction of sp³-hybridized carbons (Fsp3) is 0. The van der Waals surface area contributed by atoms with Crippen molar-refractivity contribution in [2.45, 2.75) is 0 Å². The summed E-state index contributed by atoms with van der Waals surface area (Å²) in [5, 5.41) is 16.0. The van der Waals surface area contributed by atoms with E-state index in [1.165, 1.54) is 0 Å². The van der Waals surface area contributed by atoms with Crippen molar-refractivity contribution in [1.82, 2.24) is 9.13 Å². The Morgan fingerprint density at radius 1 is 0.605 bits per heavy atom. The van der Waals surface area contributed by atoms with Crippen molar-refractivity contribution in [3.8, 4) is 17.4 Å². The lowest BCUT2D eigenvalue weighted by Gasteiger charge is -2.13. The second kappa shape index (κ2) is 8.60. The number of furan rings is 1. The largest absolute Gasteiger partial charge is 0.467 e. The summed E-state index contributed by atoms with van der Waals surface area (Å²) in [6.07, 6.45) is 0. The molecule has 0 radical (unpaired) electrons. The molecule has 0 fully saturated rings. The van der Waals surface area contributed by atoms with Gasteiger partial charge in [-0.25, -0.2) is 4.85 Å². The third-order valence-corrected chi connectivity index (χ3v) is 8.54. The van der Waals surface area contributed by atoms with Crippen LogP contribution in [0, 0.1) is 17.9 Å². The molecule has 0 amide bonds. The maximum absolute atomic E-state index is 9.58. The molecule has 0 bridgehead atoms. The molecule has 9 rings (SSSR count). The average Bonchev–Trinajstić information content (AvgIpc) is 3.72. The molecule has 3 heterocycles. The molecule has 0 saturated heterocycles. The lowest BCUT2D eigenvalue weighted by Crippen LogP contribution is -1.98. The van der Waals surface area contributed by atoms with Crippen LogP contribution in [0.5, 0.6) is 0 Å². The van der Waals surface area contributed by atoms with Gasteiger partial charge in [0.1, 0.15) is 11.2 Å². The fourth-order valence-electron chi connectivity index (χ4n) is 6.77. The monoisotopic (exact) mass is 548 g/mol. The number of rotatable bonds is 2. The first-order chi connectivity index (χ1) is 21.2. The van der Waals surface area contributed by atoms with Crippen molar-refractivity contribution in [1.29, 1.82) is 5.26 Å². The first-order valence-electron chi connectivity index (χ1n) is 14.0. The molecule has 0 N–H and O–H groups in total. The lowest BCUT2D eigenvalue weighted by molar-refractivity contribution is 0.671. The van der Waals surface area contributed by atoms with Crippen molar-refractivity contribution in [2.75, 3.05) is 0 Å². The summed E-state index contributed by atoms with van der Waals surface area (Å²) in [6.45, 7) is 7.70. The minimum atomic E-state index is 0.512. The van der Waals surface area contributed by atoms with Crippen LogP contribution in [0.15, 0.2) is 126 Å². The van der Waals surface area contributed by atoms with Crippen LogP contribution in [0.3, 0.4) is 0 Å². The zero-order valence-corrected chi connectivity index (χ0v) is 22.7. The lowest BCUT2D eigenvalue weighted by atomic mass is 10.1. The summed E-state index contributed by atoms with van der Waals surface area (Å²) in [7, 11) is 0. The number of benzene rings is 6. The van der Waals surface area contributed by atoms with Gasteiger partial charge in [0, 0.05) is 38.3 Å². The number of nitrogens with zero attached hydrogens (tertiary/aromatic N) is 4. The Balaban J connectivity index is 1.40. The molecule has 0 spiro atoms. The highest BCUT2D eigenvalue weighted by atomic mass is 16.3. The number of hydrogen-bond acceptors (Lipinski definition) is 2. The molecule has 198 valence electrons. The van der Waals surface area contributed by atoms with E-state index in [2.05, 4.69) is 92.8 Å². The molecule has 0 aliphatic heterocycles. The van der Waals surface area contributed by atoms with Gasteiger partial charge in [0.15, 0.2) is 0 Å². The predicted octanol–water partition coefficient (Wildman–Crippen LogP) is 10.2. The topological polar surface area (TPSA) is 51.1 Å². The minimum absolute atomic E-state index is 0.512. The molecule has 0 atom stereocenters. The molecular weight excluding hydrogens is 528 g/mol. The summed E-state index contributed by atoms with van der Waals surface area (Å²) in [4.78, 5) is 3.73. The van der Waals surface area contributed by atoms with Gasteiger partial charge in [0.25, 0.3) is 0 Å². The van der Waals surface area contributed by atoms with Gasteiger partial charge in [-0.05, 0) is 60.7 Å². The van der Waals surface area contributed by atoms with E-state index in [0.717, 1.165) is 71.3 Å². The SMILES string of the molecule is [C-]#[N+]c1cccc2c1oc1ccc3c4ccccc4n(-c4cccc(-n5c6ccccc6c6cc(C#N)ccc65)c4)c3c12. The second-order valence-electron chi connectivity index (χ2n) is 10.8. The molecule has 5 heteroatoms. The van der Waals surface area contributed by atoms with E-state index >= 15 is 0 Å². The van der Waals surface area contributed by atoms with Crippen molar-refractivity contribution in [3.05, 3.63) is 138 Å². The van der Waals surface area contributed by atoms with E-state index in [-0.39, 0.29) is 0 Å². The van der Waals surface area contributed by atoms with Gasteiger partial charge in [0.2, 0.25) is 5.69 Å². The Morgan fingerprint density at radius 2 is 1.28 bits per heavy atom. The summed E-state index contributed by atoms with van der Waals surface area (Å²) < 4.78 is 10.9. The van der Waals surface area contributed by atoms with Crippen molar-refractivity contribution >= 4 is 71.2 Å². The van der Waals surface area contributed by atoms with E-state index in [9.17, 15) is 5.26 Å². The third-order valence-electron chi connectivity index (χ3n) is 8.54. The second-order valence-corrected chi connectivity index (χ2v) is 10.8. The molecule has 0 unspecified atom stereocenters. The molecule has 43 heavy (non-hydrogen) atoms. The Morgan fingerprint density at radius 3 is 2.07 bits per heavy atom. The van der Waals surface area contributed by atoms with Gasteiger partial charge in [-0.2, -0.15) is 5.26 Å². The smallest absolute Gasteiger partial charge is 0.229 e. The summed E-state index contributed by atoms with van der Waals surface area (Å²) in [5.74, 6) is 0. The van der Waals surface area contributed by atoms with Gasteiger partial charge < -0.3 is 13.6 Å². The quantitative estimate of drug-likeness (QED) is 0.202.